The van der Waals surface area contributed by atoms with E-state index in [0.717, 1.165) is 19.6 Å². The van der Waals surface area contributed by atoms with Crippen molar-refractivity contribution in [2.24, 2.45) is 0 Å². The fraction of sp³-hybridized carbons (Fsp3) is 0.360. The molecule has 3 rings (SSSR count). The molecule has 1 amide bonds. The molecule has 1 saturated heterocycles. The Kier molecular flexibility index (Phi) is 8.74. The normalized spacial score (nSPS) is 14.4. The number of amides is 1. The van der Waals surface area contributed by atoms with E-state index in [0.29, 0.717) is 35.2 Å². The van der Waals surface area contributed by atoms with Crippen LogP contribution in [0.3, 0.4) is 0 Å². The van der Waals surface area contributed by atoms with E-state index in [2.05, 4.69) is 36.1 Å². The highest BCUT2D eigenvalue weighted by atomic mass is 35.5. The molecule has 0 saturated carbocycles. The first-order chi connectivity index (χ1) is 15.9. The zero-order valence-corrected chi connectivity index (χ0v) is 19.9. The topological polar surface area (TPSA) is 68.3 Å². The minimum atomic E-state index is -0.604. The zero-order valence-electron chi connectivity index (χ0n) is 19.2. The van der Waals surface area contributed by atoms with Gasteiger partial charge in [-0.15, -0.1) is 0 Å². The molecule has 2 aromatic rings. The fourth-order valence-electron chi connectivity index (χ4n) is 3.69. The Hall–Kier alpha value is -3.03. The zero-order chi connectivity index (χ0) is 23.8. The Labute approximate surface area is 199 Å². The molecule has 0 atom stereocenters. The largest absolute Gasteiger partial charge is 0.493 e. The van der Waals surface area contributed by atoms with Crippen LogP contribution in [0.4, 0.5) is 0 Å². The number of hydrogen-bond donors (Lipinski definition) is 0. The van der Waals surface area contributed by atoms with Crippen LogP contribution in [0.1, 0.15) is 16.7 Å². The number of piperazine rings is 1. The molecule has 176 valence electrons. The summed E-state index contributed by atoms with van der Waals surface area (Å²) in [7, 11) is 3.00. The number of benzene rings is 2. The summed E-state index contributed by atoms with van der Waals surface area (Å²) < 4.78 is 15.6. The monoisotopic (exact) mass is 472 g/mol. The van der Waals surface area contributed by atoms with Gasteiger partial charge in [0.2, 0.25) is 0 Å². The van der Waals surface area contributed by atoms with Gasteiger partial charge in [0.15, 0.2) is 18.1 Å². The van der Waals surface area contributed by atoms with Crippen molar-refractivity contribution in [3.63, 3.8) is 0 Å². The van der Waals surface area contributed by atoms with Gasteiger partial charge >= 0.3 is 5.97 Å². The Morgan fingerprint density at radius 2 is 1.82 bits per heavy atom. The predicted molar refractivity (Wildman–Crippen MR) is 128 cm³/mol. The maximum Gasteiger partial charge on any atom is 0.331 e. The molecule has 0 aromatic heterocycles. The molecule has 2 aromatic carbocycles. The first kappa shape index (κ1) is 24.6. The molecule has 0 spiro atoms. The highest BCUT2D eigenvalue weighted by Gasteiger charge is 2.22. The SMILES string of the molecule is COc1cc(/C=C/C(=O)OCC(=O)N2CCN(Cc3cccc(C)c3)CC2)cc(Cl)c1OC. The van der Waals surface area contributed by atoms with Gasteiger partial charge in [0, 0.05) is 38.8 Å². The Morgan fingerprint density at radius 1 is 1.06 bits per heavy atom. The molecular formula is C25H29ClN2O5. The molecule has 1 heterocycles. The molecule has 8 heteroatoms. The minimum Gasteiger partial charge on any atom is -0.493 e. The smallest absolute Gasteiger partial charge is 0.331 e. The van der Waals surface area contributed by atoms with E-state index in [9.17, 15) is 9.59 Å². The number of rotatable bonds is 8. The highest BCUT2D eigenvalue weighted by molar-refractivity contribution is 6.32. The van der Waals surface area contributed by atoms with Crippen LogP contribution in [0.25, 0.3) is 6.08 Å². The van der Waals surface area contributed by atoms with E-state index in [1.165, 1.54) is 31.4 Å². The van der Waals surface area contributed by atoms with Crippen LogP contribution >= 0.6 is 11.6 Å². The van der Waals surface area contributed by atoms with Gasteiger partial charge in [-0.05, 0) is 36.3 Å². The van der Waals surface area contributed by atoms with E-state index in [4.69, 9.17) is 25.8 Å². The molecule has 0 radical (unpaired) electrons. The number of aryl methyl sites for hydroxylation is 1. The van der Waals surface area contributed by atoms with Gasteiger partial charge in [-0.3, -0.25) is 9.69 Å². The average molecular weight is 473 g/mol. The van der Waals surface area contributed by atoms with Gasteiger partial charge in [0.1, 0.15) is 0 Å². The standard InChI is InChI=1S/C25H29ClN2O5/c1-18-5-4-6-20(13-18)16-27-9-11-28(12-10-27)23(29)17-33-24(30)8-7-19-14-21(26)25(32-3)22(15-19)31-2/h4-8,13-15H,9-12,16-17H2,1-3H3/b8-7+. The number of ether oxygens (including phenoxy) is 3. The average Bonchev–Trinajstić information content (AvgIpc) is 2.81. The minimum absolute atomic E-state index is 0.193. The number of carbonyl (C=O) groups excluding carboxylic acids is 2. The summed E-state index contributed by atoms with van der Waals surface area (Å²) in [6.07, 6.45) is 2.80. The quantitative estimate of drug-likeness (QED) is 0.432. The second-order valence-electron chi connectivity index (χ2n) is 7.83. The second-order valence-corrected chi connectivity index (χ2v) is 8.23. The van der Waals surface area contributed by atoms with Crippen molar-refractivity contribution in [1.82, 2.24) is 9.80 Å². The molecule has 1 aliphatic rings. The van der Waals surface area contributed by atoms with E-state index in [1.54, 1.807) is 23.1 Å². The molecule has 0 N–H and O–H groups in total. The molecule has 7 nitrogen and oxygen atoms in total. The maximum absolute atomic E-state index is 12.4. The number of methoxy groups -OCH3 is 2. The summed E-state index contributed by atoms with van der Waals surface area (Å²) in [5.41, 5.74) is 3.16. The fourth-order valence-corrected chi connectivity index (χ4v) is 3.99. The van der Waals surface area contributed by atoms with Crippen LogP contribution in [-0.4, -0.2) is 68.7 Å². The summed E-state index contributed by atoms with van der Waals surface area (Å²) in [4.78, 5) is 28.6. The molecule has 0 unspecified atom stereocenters. The molecule has 1 fully saturated rings. The number of nitrogens with zero attached hydrogens (tertiary/aromatic N) is 2. The van der Waals surface area contributed by atoms with Gasteiger partial charge in [-0.1, -0.05) is 41.4 Å². The predicted octanol–water partition coefficient (Wildman–Crippen LogP) is 3.57. The third-order valence-electron chi connectivity index (χ3n) is 5.42. The van der Waals surface area contributed by atoms with E-state index in [1.807, 2.05) is 0 Å². The number of carbonyl (C=O) groups is 2. The summed E-state index contributed by atoms with van der Waals surface area (Å²) in [5, 5.41) is 0.363. The van der Waals surface area contributed by atoms with Gasteiger partial charge in [-0.25, -0.2) is 4.79 Å². The van der Waals surface area contributed by atoms with Gasteiger partial charge in [-0.2, -0.15) is 0 Å². The third kappa shape index (κ3) is 6.97. The van der Waals surface area contributed by atoms with Crippen LogP contribution in [0.5, 0.6) is 11.5 Å². The molecule has 0 aliphatic carbocycles. The molecule has 33 heavy (non-hydrogen) atoms. The highest BCUT2D eigenvalue weighted by Crippen LogP contribution is 2.36. The first-order valence-corrected chi connectivity index (χ1v) is 11.1. The number of hydrogen-bond acceptors (Lipinski definition) is 6. The van der Waals surface area contributed by atoms with E-state index in [-0.39, 0.29) is 12.5 Å². The van der Waals surface area contributed by atoms with Gasteiger partial charge in [0.25, 0.3) is 5.91 Å². The van der Waals surface area contributed by atoms with Crippen molar-refractivity contribution < 1.29 is 23.8 Å². The van der Waals surface area contributed by atoms with Gasteiger partial charge in [0.05, 0.1) is 19.2 Å². The lowest BCUT2D eigenvalue weighted by atomic mass is 10.1. The lowest BCUT2D eigenvalue weighted by Gasteiger charge is -2.34. The Morgan fingerprint density at radius 3 is 2.48 bits per heavy atom. The van der Waals surface area contributed by atoms with Crippen molar-refractivity contribution in [2.45, 2.75) is 13.5 Å². The van der Waals surface area contributed by atoms with Crippen molar-refractivity contribution >= 4 is 29.6 Å². The molecule has 1 aliphatic heterocycles. The molecular weight excluding hydrogens is 444 g/mol. The molecule has 0 bridgehead atoms. The van der Waals surface area contributed by atoms with E-state index >= 15 is 0 Å². The summed E-state index contributed by atoms with van der Waals surface area (Å²) in [6, 6.07) is 11.8. The summed E-state index contributed by atoms with van der Waals surface area (Å²) in [6.45, 7) is 5.46. The van der Waals surface area contributed by atoms with Crippen LogP contribution in [0.2, 0.25) is 5.02 Å². The van der Waals surface area contributed by atoms with Crippen LogP contribution in [-0.2, 0) is 20.9 Å². The lowest BCUT2D eigenvalue weighted by Crippen LogP contribution is -2.49. The summed E-state index contributed by atoms with van der Waals surface area (Å²) >= 11 is 6.17. The van der Waals surface area contributed by atoms with Crippen LogP contribution in [0, 0.1) is 6.92 Å². The third-order valence-corrected chi connectivity index (χ3v) is 5.70. The Balaban J connectivity index is 1.44. The van der Waals surface area contributed by atoms with Crippen LogP contribution < -0.4 is 9.47 Å². The van der Waals surface area contributed by atoms with Crippen molar-refractivity contribution in [3.05, 3.63) is 64.2 Å². The van der Waals surface area contributed by atoms with Crippen molar-refractivity contribution in [2.75, 3.05) is 47.0 Å². The first-order valence-electron chi connectivity index (χ1n) is 10.7. The summed E-state index contributed by atoms with van der Waals surface area (Å²) in [5.74, 6) is 0.0756. The second kappa shape index (κ2) is 11.7. The van der Waals surface area contributed by atoms with E-state index < -0.39 is 5.97 Å². The number of esters is 1. The van der Waals surface area contributed by atoms with Crippen molar-refractivity contribution in [1.29, 1.82) is 0 Å². The Bertz CT molecular complexity index is 1020. The van der Waals surface area contributed by atoms with Crippen LogP contribution in [0.15, 0.2) is 42.5 Å². The van der Waals surface area contributed by atoms with Crippen molar-refractivity contribution in [3.8, 4) is 11.5 Å². The number of halogens is 1. The lowest BCUT2D eigenvalue weighted by molar-refractivity contribution is -0.149. The van der Waals surface area contributed by atoms with Gasteiger partial charge < -0.3 is 19.1 Å². The maximum atomic E-state index is 12.4.